The summed E-state index contributed by atoms with van der Waals surface area (Å²) < 4.78 is 1.15. The summed E-state index contributed by atoms with van der Waals surface area (Å²) in [6.45, 7) is 6.77. The molecular weight excluding hydrogens is 212 g/mol. The van der Waals surface area contributed by atoms with Crippen LogP contribution in [0.5, 0.6) is 0 Å². The van der Waals surface area contributed by atoms with Crippen LogP contribution in [0.15, 0.2) is 28.7 Å². The molecule has 1 aromatic rings. The van der Waals surface area contributed by atoms with E-state index in [0.717, 1.165) is 4.47 Å². The molecule has 0 saturated carbocycles. The van der Waals surface area contributed by atoms with Crippen molar-refractivity contribution in [1.82, 2.24) is 0 Å². The fourth-order valence-corrected chi connectivity index (χ4v) is 1.37. The van der Waals surface area contributed by atoms with E-state index in [1.165, 1.54) is 12.0 Å². The third-order valence-corrected chi connectivity index (χ3v) is 3.04. The SMILES string of the molecule is CCC(C)(C)c1ccc(Br)cc1. The van der Waals surface area contributed by atoms with Crippen LogP contribution in [0.2, 0.25) is 0 Å². The Hall–Kier alpha value is -0.300. The van der Waals surface area contributed by atoms with E-state index in [4.69, 9.17) is 0 Å². The molecular formula is C11H15Br. The predicted octanol–water partition coefficient (Wildman–Crippen LogP) is 4.14. The van der Waals surface area contributed by atoms with Gasteiger partial charge in [0.2, 0.25) is 0 Å². The van der Waals surface area contributed by atoms with E-state index in [1.807, 2.05) is 0 Å². The van der Waals surface area contributed by atoms with Gasteiger partial charge in [0.1, 0.15) is 0 Å². The fourth-order valence-electron chi connectivity index (χ4n) is 1.11. The molecule has 0 radical (unpaired) electrons. The molecule has 0 amide bonds. The van der Waals surface area contributed by atoms with Crippen LogP contribution >= 0.6 is 15.9 Å². The van der Waals surface area contributed by atoms with Crippen LogP contribution < -0.4 is 0 Å². The molecule has 1 rings (SSSR count). The van der Waals surface area contributed by atoms with Crippen molar-refractivity contribution in [2.45, 2.75) is 32.6 Å². The van der Waals surface area contributed by atoms with Gasteiger partial charge in [-0.2, -0.15) is 0 Å². The van der Waals surface area contributed by atoms with Crippen LogP contribution in [0.3, 0.4) is 0 Å². The Morgan fingerprint density at radius 1 is 1.17 bits per heavy atom. The molecule has 1 aromatic carbocycles. The summed E-state index contributed by atoms with van der Waals surface area (Å²) in [6, 6.07) is 8.58. The van der Waals surface area contributed by atoms with Gasteiger partial charge in [-0.3, -0.25) is 0 Å². The van der Waals surface area contributed by atoms with Gasteiger partial charge < -0.3 is 0 Å². The molecule has 0 unspecified atom stereocenters. The summed E-state index contributed by atoms with van der Waals surface area (Å²) >= 11 is 3.43. The van der Waals surface area contributed by atoms with Crippen LogP contribution in [-0.4, -0.2) is 0 Å². The van der Waals surface area contributed by atoms with Crippen molar-refractivity contribution in [2.24, 2.45) is 0 Å². The lowest BCUT2D eigenvalue weighted by atomic mass is 9.82. The summed E-state index contributed by atoms with van der Waals surface area (Å²) in [5, 5.41) is 0. The van der Waals surface area contributed by atoms with Crippen molar-refractivity contribution in [3.63, 3.8) is 0 Å². The Kier molecular flexibility index (Phi) is 2.94. The second-order valence-corrected chi connectivity index (χ2v) is 4.66. The Morgan fingerprint density at radius 3 is 2.08 bits per heavy atom. The molecule has 0 fully saturated rings. The number of rotatable bonds is 2. The number of halogens is 1. The maximum atomic E-state index is 3.43. The van der Waals surface area contributed by atoms with Gasteiger partial charge in [-0.05, 0) is 29.5 Å². The smallest absolute Gasteiger partial charge is 0.0175 e. The van der Waals surface area contributed by atoms with Crippen LogP contribution in [0.1, 0.15) is 32.8 Å². The lowest BCUT2D eigenvalue weighted by Crippen LogP contribution is -2.14. The van der Waals surface area contributed by atoms with E-state index >= 15 is 0 Å². The highest BCUT2D eigenvalue weighted by atomic mass is 79.9. The molecule has 66 valence electrons. The second-order valence-electron chi connectivity index (χ2n) is 3.74. The number of hydrogen-bond acceptors (Lipinski definition) is 0. The molecule has 1 heteroatoms. The van der Waals surface area contributed by atoms with Crippen molar-refractivity contribution in [1.29, 1.82) is 0 Å². The Bertz CT molecular complexity index is 246. The Labute approximate surface area is 83.1 Å². The lowest BCUT2D eigenvalue weighted by Gasteiger charge is -2.23. The van der Waals surface area contributed by atoms with Crippen molar-refractivity contribution in [2.75, 3.05) is 0 Å². The highest BCUT2D eigenvalue weighted by Crippen LogP contribution is 2.27. The summed E-state index contributed by atoms with van der Waals surface area (Å²) in [7, 11) is 0. The molecule has 0 aliphatic rings. The molecule has 0 atom stereocenters. The molecule has 0 saturated heterocycles. The van der Waals surface area contributed by atoms with Crippen molar-refractivity contribution < 1.29 is 0 Å². The van der Waals surface area contributed by atoms with E-state index in [9.17, 15) is 0 Å². The quantitative estimate of drug-likeness (QED) is 0.712. The second kappa shape index (κ2) is 3.61. The minimum Gasteiger partial charge on any atom is -0.0646 e. The monoisotopic (exact) mass is 226 g/mol. The van der Waals surface area contributed by atoms with Gasteiger partial charge in [-0.15, -0.1) is 0 Å². The molecule has 0 aliphatic heterocycles. The van der Waals surface area contributed by atoms with Gasteiger partial charge in [-0.25, -0.2) is 0 Å². The van der Waals surface area contributed by atoms with Crippen LogP contribution in [0.25, 0.3) is 0 Å². The molecule has 0 bridgehead atoms. The highest BCUT2D eigenvalue weighted by molar-refractivity contribution is 9.10. The van der Waals surface area contributed by atoms with E-state index < -0.39 is 0 Å². The summed E-state index contributed by atoms with van der Waals surface area (Å²) in [5.74, 6) is 0. The van der Waals surface area contributed by atoms with Crippen LogP contribution in [0.4, 0.5) is 0 Å². The molecule has 0 heterocycles. The average molecular weight is 227 g/mol. The number of hydrogen-bond donors (Lipinski definition) is 0. The molecule has 0 aliphatic carbocycles. The molecule has 0 nitrogen and oxygen atoms in total. The van der Waals surface area contributed by atoms with Crippen LogP contribution in [0, 0.1) is 0 Å². The molecule has 0 spiro atoms. The minimum atomic E-state index is 0.306. The maximum absolute atomic E-state index is 3.43. The van der Waals surface area contributed by atoms with Crippen LogP contribution in [-0.2, 0) is 5.41 Å². The Balaban J connectivity index is 2.96. The lowest BCUT2D eigenvalue weighted by molar-refractivity contribution is 0.506. The van der Waals surface area contributed by atoms with E-state index in [2.05, 4.69) is 61.0 Å². The number of benzene rings is 1. The molecule has 0 aromatic heterocycles. The first-order chi connectivity index (χ1) is 5.56. The third-order valence-electron chi connectivity index (χ3n) is 2.51. The predicted molar refractivity (Wildman–Crippen MR) is 57.5 cm³/mol. The van der Waals surface area contributed by atoms with Crippen molar-refractivity contribution >= 4 is 15.9 Å². The normalized spacial score (nSPS) is 11.7. The zero-order valence-electron chi connectivity index (χ0n) is 7.89. The van der Waals surface area contributed by atoms with Gasteiger partial charge in [0.05, 0.1) is 0 Å². The van der Waals surface area contributed by atoms with Gasteiger partial charge in [0, 0.05) is 4.47 Å². The van der Waals surface area contributed by atoms with Crippen molar-refractivity contribution in [3.8, 4) is 0 Å². The van der Waals surface area contributed by atoms with Gasteiger partial charge >= 0.3 is 0 Å². The zero-order chi connectivity index (χ0) is 9.19. The van der Waals surface area contributed by atoms with Gasteiger partial charge in [-0.1, -0.05) is 48.8 Å². The zero-order valence-corrected chi connectivity index (χ0v) is 9.48. The first-order valence-electron chi connectivity index (χ1n) is 4.32. The molecule has 12 heavy (non-hydrogen) atoms. The van der Waals surface area contributed by atoms with E-state index in [0.29, 0.717) is 5.41 Å². The maximum Gasteiger partial charge on any atom is 0.0175 e. The van der Waals surface area contributed by atoms with Crippen molar-refractivity contribution in [3.05, 3.63) is 34.3 Å². The average Bonchev–Trinajstić information content (AvgIpc) is 2.05. The highest BCUT2D eigenvalue weighted by Gasteiger charge is 2.16. The standard InChI is InChI=1S/C11H15Br/c1-4-11(2,3)9-5-7-10(12)8-6-9/h5-8H,4H2,1-3H3. The summed E-state index contributed by atoms with van der Waals surface area (Å²) in [6.07, 6.45) is 1.18. The third kappa shape index (κ3) is 2.10. The van der Waals surface area contributed by atoms with E-state index in [1.54, 1.807) is 0 Å². The van der Waals surface area contributed by atoms with E-state index in [-0.39, 0.29) is 0 Å². The first kappa shape index (κ1) is 9.79. The van der Waals surface area contributed by atoms with Gasteiger partial charge in [0.15, 0.2) is 0 Å². The summed E-state index contributed by atoms with van der Waals surface area (Å²) in [5.41, 5.74) is 1.72. The Morgan fingerprint density at radius 2 is 1.67 bits per heavy atom. The summed E-state index contributed by atoms with van der Waals surface area (Å²) in [4.78, 5) is 0. The molecule has 0 N–H and O–H groups in total. The fraction of sp³-hybridized carbons (Fsp3) is 0.455. The largest absolute Gasteiger partial charge is 0.0646 e. The first-order valence-corrected chi connectivity index (χ1v) is 5.11. The topological polar surface area (TPSA) is 0 Å². The minimum absolute atomic E-state index is 0.306. The van der Waals surface area contributed by atoms with Gasteiger partial charge in [0.25, 0.3) is 0 Å².